The number of benzene rings is 1. The Hall–Kier alpha value is -1.08. The minimum absolute atomic E-state index is 1.10. The number of hydrogen-bond acceptors (Lipinski definition) is 1. The molecule has 2 rings (SSSR count). The lowest BCUT2D eigenvalue weighted by Gasteiger charge is -2.06. The predicted octanol–water partition coefficient (Wildman–Crippen LogP) is 4.29. The summed E-state index contributed by atoms with van der Waals surface area (Å²) in [6.45, 7) is 4.36. The van der Waals surface area contributed by atoms with Gasteiger partial charge in [-0.2, -0.15) is 0 Å². The summed E-state index contributed by atoms with van der Waals surface area (Å²) in [5, 5.41) is 2.14. The normalized spacial score (nSPS) is 10.4. The van der Waals surface area contributed by atoms with Crippen LogP contribution in [0.5, 0.6) is 0 Å². The molecular weight excluding hydrogens is 188 g/mol. The minimum Gasteiger partial charge on any atom is -0.144 e. The van der Waals surface area contributed by atoms with E-state index in [0.717, 1.165) is 6.42 Å². The summed E-state index contributed by atoms with van der Waals surface area (Å²) in [6.07, 6.45) is 1.10. The van der Waals surface area contributed by atoms with Crippen LogP contribution in [0, 0.1) is 6.92 Å². The highest BCUT2D eigenvalue weighted by Gasteiger charge is 2.04. The van der Waals surface area contributed by atoms with Crippen molar-refractivity contribution in [2.24, 2.45) is 0 Å². The second-order valence-corrected chi connectivity index (χ2v) is 4.44. The van der Waals surface area contributed by atoms with Crippen LogP contribution >= 0.6 is 11.3 Å². The quantitative estimate of drug-likeness (QED) is 0.681. The van der Waals surface area contributed by atoms with Gasteiger partial charge in [-0.1, -0.05) is 36.8 Å². The molecule has 1 aromatic carbocycles. The highest BCUT2D eigenvalue weighted by Crippen LogP contribution is 2.29. The summed E-state index contributed by atoms with van der Waals surface area (Å²) in [4.78, 5) is 1.38. The molecule has 1 heterocycles. The van der Waals surface area contributed by atoms with Crippen LogP contribution in [0.25, 0.3) is 10.4 Å². The van der Waals surface area contributed by atoms with E-state index in [0.29, 0.717) is 0 Å². The van der Waals surface area contributed by atoms with E-state index in [1.165, 1.54) is 21.6 Å². The fourth-order valence-corrected chi connectivity index (χ4v) is 2.44. The Balaban J connectivity index is 2.55. The average Bonchev–Trinajstić information content (AvgIpc) is 2.70. The molecule has 0 spiro atoms. The Morgan fingerprint density at radius 3 is 2.71 bits per heavy atom. The van der Waals surface area contributed by atoms with E-state index in [4.69, 9.17) is 0 Å². The molecule has 1 heteroatoms. The molecule has 72 valence electrons. The van der Waals surface area contributed by atoms with Gasteiger partial charge in [-0.25, -0.2) is 0 Å². The monoisotopic (exact) mass is 202 g/mol. The predicted molar refractivity (Wildman–Crippen MR) is 63.9 cm³/mol. The first-order chi connectivity index (χ1) is 6.81. The van der Waals surface area contributed by atoms with Crippen molar-refractivity contribution in [1.29, 1.82) is 0 Å². The molecule has 0 aliphatic heterocycles. The maximum atomic E-state index is 2.28. The van der Waals surface area contributed by atoms with Gasteiger partial charge < -0.3 is 0 Å². The lowest BCUT2D eigenvalue weighted by atomic mass is 10.0. The summed E-state index contributed by atoms with van der Waals surface area (Å²) >= 11 is 1.81. The molecule has 0 saturated carbocycles. The van der Waals surface area contributed by atoms with Crippen LogP contribution in [0.2, 0.25) is 0 Å². The van der Waals surface area contributed by atoms with Crippen molar-refractivity contribution >= 4 is 11.3 Å². The molecule has 0 N–H and O–H groups in total. The Labute approximate surface area is 89.2 Å². The molecule has 0 amide bonds. The Bertz CT molecular complexity index is 413. The fourth-order valence-electron chi connectivity index (χ4n) is 1.66. The second kappa shape index (κ2) is 3.97. The lowest BCUT2D eigenvalue weighted by Crippen LogP contribution is -1.86. The van der Waals surface area contributed by atoms with E-state index < -0.39 is 0 Å². The van der Waals surface area contributed by atoms with Gasteiger partial charge in [0.05, 0.1) is 0 Å². The smallest absolute Gasteiger partial charge is 0.0345 e. The van der Waals surface area contributed by atoms with Gasteiger partial charge in [0.1, 0.15) is 0 Å². The molecule has 0 unspecified atom stereocenters. The third-order valence-corrected chi connectivity index (χ3v) is 3.34. The highest BCUT2D eigenvalue weighted by atomic mass is 32.1. The molecule has 0 aliphatic carbocycles. The number of hydrogen-bond donors (Lipinski definition) is 0. The van der Waals surface area contributed by atoms with Crippen LogP contribution < -0.4 is 0 Å². The summed E-state index contributed by atoms with van der Waals surface area (Å²) in [6, 6.07) is 11.0. The van der Waals surface area contributed by atoms with E-state index >= 15 is 0 Å². The van der Waals surface area contributed by atoms with Crippen LogP contribution in [0.4, 0.5) is 0 Å². The first-order valence-corrected chi connectivity index (χ1v) is 5.82. The molecule has 2 aromatic rings. The molecular formula is C13H14S. The molecule has 0 aliphatic rings. The lowest BCUT2D eigenvalue weighted by molar-refractivity contribution is 1.14. The Morgan fingerprint density at radius 2 is 2.07 bits per heavy atom. The summed E-state index contributed by atoms with van der Waals surface area (Å²) < 4.78 is 0. The highest BCUT2D eigenvalue weighted by molar-refractivity contribution is 7.13. The van der Waals surface area contributed by atoms with Gasteiger partial charge in [0.15, 0.2) is 0 Å². The molecule has 0 bridgehead atoms. The first kappa shape index (κ1) is 9.47. The standard InChI is InChI=1S/C13H14S/c1-3-11-7-6-10(2)9-12(11)13-5-4-8-14-13/h4-9H,3H2,1-2H3. The maximum Gasteiger partial charge on any atom is 0.0345 e. The van der Waals surface area contributed by atoms with E-state index in [-0.39, 0.29) is 0 Å². The molecule has 0 saturated heterocycles. The van der Waals surface area contributed by atoms with E-state index in [1.807, 2.05) is 11.3 Å². The van der Waals surface area contributed by atoms with Crippen LogP contribution in [0.15, 0.2) is 35.7 Å². The van der Waals surface area contributed by atoms with Crippen LogP contribution in [-0.4, -0.2) is 0 Å². The zero-order chi connectivity index (χ0) is 9.97. The number of rotatable bonds is 2. The third-order valence-electron chi connectivity index (χ3n) is 2.43. The summed E-state index contributed by atoms with van der Waals surface area (Å²) in [5.41, 5.74) is 4.19. The molecule has 0 radical (unpaired) electrons. The number of thiophene rings is 1. The summed E-state index contributed by atoms with van der Waals surface area (Å²) in [5.74, 6) is 0. The first-order valence-electron chi connectivity index (χ1n) is 4.94. The van der Waals surface area contributed by atoms with Gasteiger partial charge in [0.2, 0.25) is 0 Å². The van der Waals surface area contributed by atoms with Crippen molar-refractivity contribution < 1.29 is 0 Å². The van der Waals surface area contributed by atoms with Gasteiger partial charge in [-0.15, -0.1) is 11.3 Å². The second-order valence-electron chi connectivity index (χ2n) is 3.49. The average molecular weight is 202 g/mol. The molecule has 0 nitrogen and oxygen atoms in total. The molecule has 14 heavy (non-hydrogen) atoms. The Kier molecular flexibility index (Phi) is 2.69. The van der Waals surface area contributed by atoms with Crippen molar-refractivity contribution in [3.63, 3.8) is 0 Å². The third kappa shape index (κ3) is 1.73. The zero-order valence-electron chi connectivity index (χ0n) is 8.58. The molecule has 1 aromatic heterocycles. The van der Waals surface area contributed by atoms with E-state index in [2.05, 4.69) is 49.6 Å². The van der Waals surface area contributed by atoms with Crippen LogP contribution in [0.3, 0.4) is 0 Å². The topological polar surface area (TPSA) is 0 Å². The SMILES string of the molecule is CCc1ccc(C)cc1-c1cccs1. The van der Waals surface area contributed by atoms with Gasteiger partial charge in [-0.3, -0.25) is 0 Å². The van der Waals surface area contributed by atoms with Gasteiger partial charge in [-0.05, 0) is 35.9 Å². The number of aryl methyl sites for hydroxylation is 2. The van der Waals surface area contributed by atoms with Crippen molar-refractivity contribution in [2.75, 3.05) is 0 Å². The van der Waals surface area contributed by atoms with Crippen molar-refractivity contribution in [3.8, 4) is 10.4 Å². The van der Waals surface area contributed by atoms with Crippen molar-refractivity contribution in [1.82, 2.24) is 0 Å². The van der Waals surface area contributed by atoms with E-state index in [9.17, 15) is 0 Å². The van der Waals surface area contributed by atoms with Crippen LogP contribution in [-0.2, 0) is 6.42 Å². The maximum absolute atomic E-state index is 2.28. The zero-order valence-corrected chi connectivity index (χ0v) is 9.40. The largest absolute Gasteiger partial charge is 0.144 e. The van der Waals surface area contributed by atoms with E-state index in [1.54, 1.807) is 0 Å². The van der Waals surface area contributed by atoms with Crippen LogP contribution in [0.1, 0.15) is 18.1 Å². The van der Waals surface area contributed by atoms with Crippen molar-refractivity contribution in [3.05, 3.63) is 46.8 Å². The summed E-state index contributed by atoms with van der Waals surface area (Å²) in [7, 11) is 0. The van der Waals surface area contributed by atoms with Gasteiger partial charge >= 0.3 is 0 Å². The molecule has 0 atom stereocenters. The fraction of sp³-hybridized carbons (Fsp3) is 0.231. The Morgan fingerprint density at radius 1 is 1.21 bits per heavy atom. The van der Waals surface area contributed by atoms with Gasteiger partial charge in [0.25, 0.3) is 0 Å². The van der Waals surface area contributed by atoms with Crippen molar-refractivity contribution in [2.45, 2.75) is 20.3 Å². The minimum atomic E-state index is 1.10. The van der Waals surface area contributed by atoms with Gasteiger partial charge in [0, 0.05) is 4.88 Å². The molecule has 0 fully saturated rings.